The summed E-state index contributed by atoms with van der Waals surface area (Å²) in [6.07, 6.45) is 0. The second-order valence-corrected chi connectivity index (χ2v) is 14.7. The van der Waals surface area contributed by atoms with E-state index in [4.69, 9.17) is 8.83 Å². The quantitative estimate of drug-likeness (QED) is 0.182. The minimum Gasteiger partial charge on any atom is -0.456 e. The summed E-state index contributed by atoms with van der Waals surface area (Å²) in [6.45, 7) is 0. The number of furan rings is 2. The molecule has 0 fully saturated rings. The average Bonchev–Trinajstić information content (AvgIpc) is 3.84. The molecule has 0 aliphatic heterocycles. The SMILES string of the molecule is c1ccc(-c2ccc3ccccc3c2-c2ccc3c(c2)oc2ccc4c(ccc5oc6cc(-c7c(-c8ccccc8)ccc8ccccc78)ccc6c54)c23)cc1. The van der Waals surface area contributed by atoms with E-state index in [2.05, 4.69) is 194 Å². The first kappa shape index (κ1) is 31.0. The van der Waals surface area contributed by atoms with Gasteiger partial charge in [0.05, 0.1) is 0 Å². The first-order valence-corrected chi connectivity index (χ1v) is 19.2. The van der Waals surface area contributed by atoms with Crippen LogP contribution in [-0.4, -0.2) is 0 Å². The van der Waals surface area contributed by atoms with E-state index in [0.29, 0.717) is 0 Å². The summed E-state index contributed by atoms with van der Waals surface area (Å²) in [7, 11) is 0. The Morgan fingerprint density at radius 3 is 1.12 bits per heavy atom. The Hall–Kier alpha value is -7.42. The monoisotopic (exact) mass is 712 g/mol. The molecule has 0 amide bonds. The van der Waals surface area contributed by atoms with Gasteiger partial charge in [-0.2, -0.15) is 0 Å². The van der Waals surface area contributed by atoms with Crippen LogP contribution in [0, 0.1) is 0 Å². The van der Waals surface area contributed by atoms with Gasteiger partial charge >= 0.3 is 0 Å². The molecule has 0 bridgehead atoms. The van der Waals surface area contributed by atoms with Gasteiger partial charge in [0, 0.05) is 21.5 Å². The van der Waals surface area contributed by atoms with Gasteiger partial charge in [-0.15, -0.1) is 0 Å². The summed E-state index contributed by atoms with van der Waals surface area (Å²) >= 11 is 0. The molecule has 10 aromatic carbocycles. The molecule has 0 spiro atoms. The van der Waals surface area contributed by atoms with Crippen LogP contribution in [0.1, 0.15) is 0 Å². The second-order valence-electron chi connectivity index (χ2n) is 14.7. The average molecular weight is 713 g/mol. The molecule has 0 saturated carbocycles. The van der Waals surface area contributed by atoms with Crippen LogP contribution in [0.5, 0.6) is 0 Å². The zero-order chi connectivity index (χ0) is 36.7. The lowest BCUT2D eigenvalue weighted by Gasteiger charge is -2.14. The third-order valence-electron chi connectivity index (χ3n) is 11.7. The fourth-order valence-electron chi connectivity index (χ4n) is 9.15. The predicted molar refractivity (Wildman–Crippen MR) is 235 cm³/mol. The molecular formula is C54H32O2. The highest BCUT2D eigenvalue weighted by atomic mass is 16.3. The standard InChI is InChI=1S/C54H32O2/c1-3-11-33(12-4-1)41-23-19-35-15-7-9-17-39(35)51(41)37-21-25-45-49(31-37)55-47-29-27-44-43(53(45)47)28-30-48-54(44)46-26-22-38(32-50(46)56-48)52-40-18-10-8-16-36(40)20-24-42(52)34-13-5-2-6-14-34/h1-32H. The molecule has 12 aromatic rings. The number of hydrogen-bond acceptors (Lipinski definition) is 2. The maximum Gasteiger partial charge on any atom is 0.136 e. The highest BCUT2D eigenvalue weighted by molar-refractivity contribution is 6.28. The van der Waals surface area contributed by atoms with Gasteiger partial charge in [-0.1, -0.05) is 146 Å². The summed E-state index contributed by atoms with van der Waals surface area (Å²) in [5.41, 5.74) is 13.0. The molecule has 56 heavy (non-hydrogen) atoms. The Kier molecular flexibility index (Phi) is 6.66. The van der Waals surface area contributed by atoms with Crippen molar-refractivity contribution in [1.29, 1.82) is 0 Å². The molecule has 0 radical (unpaired) electrons. The normalized spacial score (nSPS) is 11.9. The third-order valence-corrected chi connectivity index (χ3v) is 11.7. The summed E-state index contributed by atoms with van der Waals surface area (Å²) in [4.78, 5) is 0. The van der Waals surface area contributed by atoms with E-state index >= 15 is 0 Å². The highest BCUT2D eigenvalue weighted by Crippen LogP contribution is 2.45. The van der Waals surface area contributed by atoms with Gasteiger partial charge in [0.1, 0.15) is 22.3 Å². The zero-order valence-electron chi connectivity index (χ0n) is 30.3. The van der Waals surface area contributed by atoms with Crippen LogP contribution in [0.25, 0.3) is 121 Å². The molecule has 0 aliphatic rings. The van der Waals surface area contributed by atoms with Crippen LogP contribution in [0.3, 0.4) is 0 Å². The van der Waals surface area contributed by atoms with Crippen LogP contribution in [0.15, 0.2) is 203 Å². The third kappa shape index (κ3) is 4.63. The Morgan fingerprint density at radius 2 is 0.661 bits per heavy atom. The van der Waals surface area contributed by atoms with Crippen LogP contribution in [0.4, 0.5) is 0 Å². The highest BCUT2D eigenvalue weighted by Gasteiger charge is 2.20. The maximum atomic E-state index is 6.69. The fraction of sp³-hybridized carbons (Fsp3) is 0. The van der Waals surface area contributed by atoms with Gasteiger partial charge in [0.15, 0.2) is 0 Å². The van der Waals surface area contributed by atoms with Gasteiger partial charge < -0.3 is 8.83 Å². The van der Waals surface area contributed by atoms with Gasteiger partial charge in [-0.05, 0) is 125 Å². The van der Waals surface area contributed by atoms with Crippen molar-refractivity contribution in [2.75, 3.05) is 0 Å². The largest absolute Gasteiger partial charge is 0.456 e. The van der Waals surface area contributed by atoms with Gasteiger partial charge in [-0.3, -0.25) is 0 Å². The molecule has 260 valence electrons. The van der Waals surface area contributed by atoms with Gasteiger partial charge in [-0.25, -0.2) is 0 Å². The first-order chi connectivity index (χ1) is 27.8. The predicted octanol–water partition coefficient (Wildman–Crippen LogP) is 15.6. The van der Waals surface area contributed by atoms with Crippen molar-refractivity contribution in [3.63, 3.8) is 0 Å². The zero-order valence-corrected chi connectivity index (χ0v) is 30.3. The lowest BCUT2D eigenvalue weighted by Crippen LogP contribution is -1.88. The molecule has 0 N–H and O–H groups in total. The van der Waals surface area contributed by atoms with E-state index < -0.39 is 0 Å². The minimum absolute atomic E-state index is 0.878. The lowest BCUT2D eigenvalue weighted by atomic mass is 9.89. The van der Waals surface area contributed by atoms with Crippen molar-refractivity contribution >= 4 is 76.2 Å². The van der Waals surface area contributed by atoms with Gasteiger partial charge in [0.25, 0.3) is 0 Å². The van der Waals surface area contributed by atoms with Crippen LogP contribution >= 0.6 is 0 Å². The van der Waals surface area contributed by atoms with Crippen molar-refractivity contribution in [2.45, 2.75) is 0 Å². The molecule has 0 saturated heterocycles. The van der Waals surface area contributed by atoms with Crippen molar-refractivity contribution in [3.05, 3.63) is 194 Å². The number of benzene rings is 10. The Balaban J connectivity index is 1.04. The molecule has 0 aliphatic carbocycles. The lowest BCUT2D eigenvalue weighted by molar-refractivity contribution is 0.668. The molecule has 2 aromatic heterocycles. The smallest absolute Gasteiger partial charge is 0.136 e. The van der Waals surface area contributed by atoms with E-state index in [1.54, 1.807) is 0 Å². The van der Waals surface area contributed by atoms with Crippen molar-refractivity contribution in [2.24, 2.45) is 0 Å². The molecule has 0 unspecified atom stereocenters. The van der Waals surface area contributed by atoms with Crippen LogP contribution in [0.2, 0.25) is 0 Å². The minimum atomic E-state index is 0.878. The van der Waals surface area contributed by atoms with Crippen LogP contribution < -0.4 is 0 Å². The summed E-state index contributed by atoms with van der Waals surface area (Å²) in [5, 5.41) is 11.7. The van der Waals surface area contributed by atoms with Crippen LogP contribution in [-0.2, 0) is 0 Å². The summed E-state index contributed by atoms with van der Waals surface area (Å²) in [5.74, 6) is 0. The fourth-order valence-corrected chi connectivity index (χ4v) is 9.15. The van der Waals surface area contributed by atoms with E-state index in [0.717, 1.165) is 65.8 Å². The maximum absolute atomic E-state index is 6.69. The molecule has 2 nitrogen and oxygen atoms in total. The van der Waals surface area contributed by atoms with E-state index in [-0.39, 0.29) is 0 Å². The molecule has 12 rings (SSSR count). The topological polar surface area (TPSA) is 26.3 Å². The Morgan fingerprint density at radius 1 is 0.250 bits per heavy atom. The molecule has 0 atom stereocenters. The number of rotatable bonds is 4. The van der Waals surface area contributed by atoms with E-state index in [9.17, 15) is 0 Å². The first-order valence-electron chi connectivity index (χ1n) is 19.2. The Labute approximate surface area is 322 Å². The Bertz CT molecular complexity index is 3280. The van der Waals surface area contributed by atoms with E-state index in [1.165, 1.54) is 54.9 Å². The van der Waals surface area contributed by atoms with Crippen molar-refractivity contribution in [3.8, 4) is 44.5 Å². The summed E-state index contributed by atoms with van der Waals surface area (Å²) in [6, 6.07) is 69.6. The number of fused-ring (bicyclic) bond motifs is 11. The van der Waals surface area contributed by atoms with Crippen molar-refractivity contribution < 1.29 is 8.83 Å². The molecule has 2 heterocycles. The van der Waals surface area contributed by atoms with Crippen molar-refractivity contribution in [1.82, 2.24) is 0 Å². The second kappa shape index (κ2) is 12.0. The van der Waals surface area contributed by atoms with E-state index in [1.807, 2.05) is 0 Å². The van der Waals surface area contributed by atoms with Gasteiger partial charge in [0.2, 0.25) is 0 Å². The summed E-state index contributed by atoms with van der Waals surface area (Å²) < 4.78 is 13.4. The molecular weight excluding hydrogens is 681 g/mol. The number of hydrogen-bond donors (Lipinski definition) is 0. The molecule has 2 heteroatoms.